The number of nitrogens with zero attached hydrogens (tertiary/aromatic N) is 2. The van der Waals surface area contributed by atoms with E-state index in [1.165, 1.54) is 5.56 Å². The van der Waals surface area contributed by atoms with Crippen molar-refractivity contribution in [1.82, 2.24) is 15.1 Å². The molecule has 160 valence electrons. The second-order valence-corrected chi connectivity index (χ2v) is 8.11. The number of amides is 1. The molecular formula is C24H26N4O2S. The highest BCUT2D eigenvalue weighted by Gasteiger charge is 2.26. The highest BCUT2D eigenvalue weighted by atomic mass is 32.1. The van der Waals surface area contributed by atoms with Crippen LogP contribution in [0.5, 0.6) is 5.75 Å². The van der Waals surface area contributed by atoms with E-state index in [1.807, 2.05) is 35.0 Å². The van der Waals surface area contributed by atoms with E-state index >= 15 is 0 Å². The van der Waals surface area contributed by atoms with Crippen LogP contribution in [0.1, 0.15) is 25.3 Å². The number of rotatable bonds is 7. The van der Waals surface area contributed by atoms with Crippen molar-refractivity contribution in [3.05, 3.63) is 60.2 Å². The van der Waals surface area contributed by atoms with Crippen molar-refractivity contribution < 1.29 is 9.53 Å². The van der Waals surface area contributed by atoms with Gasteiger partial charge in [0, 0.05) is 36.6 Å². The molecule has 0 bridgehead atoms. The summed E-state index contributed by atoms with van der Waals surface area (Å²) in [6.45, 7) is 2.74. The Morgan fingerprint density at radius 3 is 2.84 bits per heavy atom. The van der Waals surface area contributed by atoms with Crippen LogP contribution in [0.2, 0.25) is 0 Å². The van der Waals surface area contributed by atoms with E-state index in [4.69, 9.17) is 22.1 Å². The summed E-state index contributed by atoms with van der Waals surface area (Å²) >= 11 is 5.56. The van der Waals surface area contributed by atoms with Gasteiger partial charge in [0.2, 0.25) is 5.91 Å². The van der Waals surface area contributed by atoms with Crippen molar-refractivity contribution in [2.75, 3.05) is 19.0 Å². The minimum absolute atomic E-state index is 0.0131. The van der Waals surface area contributed by atoms with Gasteiger partial charge in [0.05, 0.1) is 23.5 Å². The number of ether oxygens (including phenoxy) is 1. The maximum atomic E-state index is 11.6. The smallest absolute Gasteiger partial charge is 0.220 e. The number of hydrogen-bond acceptors (Lipinski definition) is 4. The summed E-state index contributed by atoms with van der Waals surface area (Å²) in [6, 6.07) is 18.3. The van der Waals surface area contributed by atoms with Crippen LogP contribution in [0.4, 0.5) is 5.82 Å². The summed E-state index contributed by atoms with van der Waals surface area (Å²) in [5.41, 5.74) is 4.22. The minimum Gasteiger partial charge on any atom is -0.497 e. The maximum absolute atomic E-state index is 11.6. The van der Waals surface area contributed by atoms with Crippen LogP contribution in [-0.4, -0.2) is 34.3 Å². The van der Waals surface area contributed by atoms with Gasteiger partial charge in [-0.2, -0.15) is 0 Å². The van der Waals surface area contributed by atoms with Crippen LogP contribution in [0.15, 0.2) is 54.6 Å². The van der Waals surface area contributed by atoms with Gasteiger partial charge in [0.25, 0.3) is 0 Å². The second-order valence-electron chi connectivity index (χ2n) is 7.67. The molecule has 6 nitrogen and oxygen atoms in total. The van der Waals surface area contributed by atoms with Crippen molar-refractivity contribution in [1.29, 1.82) is 0 Å². The molecule has 1 atom stereocenters. The zero-order valence-electron chi connectivity index (χ0n) is 17.7. The molecule has 1 aromatic heterocycles. The van der Waals surface area contributed by atoms with E-state index in [0.717, 1.165) is 35.5 Å². The molecule has 4 rings (SSSR count). The summed E-state index contributed by atoms with van der Waals surface area (Å²) in [5, 5.41) is 10.9. The number of carbonyl (C=O) groups excluding carboxylic acids is 1. The third-order valence-electron chi connectivity index (χ3n) is 5.37. The van der Waals surface area contributed by atoms with E-state index in [0.29, 0.717) is 23.8 Å². The molecular weight excluding hydrogens is 408 g/mol. The number of benzene rings is 2. The molecule has 2 aromatic carbocycles. The summed E-state index contributed by atoms with van der Waals surface area (Å²) in [5.74, 6) is 1.44. The second kappa shape index (κ2) is 9.31. The van der Waals surface area contributed by atoms with Gasteiger partial charge in [-0.1, -0.05) is 49.8 Å². The van der Waals surface area contributed by atoms with Gasteiger partial charge in [0.1, 0.15) is 5.75 Å². The SMILES string of the molecule is CCCc1cccc(-c2cc(NC(=S)[C@H]3CNC(=O)C3)nn2-c2cccc(OC)c2)c1. The van der Waals surface area contributed by atoms with Crippen molar-refractivity contribution in [3.8, 4) is 22.7 Å². The molecule has 1 aliphatic rings. The first-order valence-corrected chi connectivity index (χ1v) is 10.9. The first-order valence-electron chi connectivity index (χ1n) is 10.5. The fourth-order valence-electron chi connectivity index (χ4n) is 3.78. The third-order valence-corrected chi connectivity index (χ3v) is 5.80. The van der Waals surface area contributed by atoms with Crippen LogP contribution in [0.3, 0.4) is 0 Å². The van der Waals surface area contributed by atoms with Crippen molar-refractivity contribution in [2.45, 2.75) is 26.2 Å². The Labute approximate surface area is 187 Å². The lowest BCUT2D eigenvalue weighted by Crippen LogP contribution is -2.23. The molecule has 2 heterocycles. The van der Waals surface area contributed by atoms with E-state index in [-0.39, 0.29) is 11.8 Å². The molecule has 0 spiro atoms. The summed E-state index contributed by atoms with van der Waals surface area (Å²) in [4.78, 5) is 12.2. The first-order chi connectivity index (χ1) is 15.1. The zero-order valence-corrected chi connectivity index (χ0v) is 18.5. The highest BCUT2D eigenvalue weighted by Crippen LogP contribution is 2.29. The molecule has 1 amide bonds. The molecule has 3 aromatic rings. The van der Waals surface area contributed by atoms with Gasteiger partial charge in [0.15, 0.2) is 5.82 Å². The summed E-state index contributed by atoms with van der Waals surface area (Å²) < 4.78 is 7.30. The third kappa shape index (κ3) is 4.77. The van der Waals surface area contributed by atoms with E-state index < -0.39 is 0 Å². The Balaban J connectivity index is 1.72. The molecule has 0 radical (unpaired) electrons. The van der Waals surface area contributed by atoms with Crippen molar-refractivity contribution in [2.24, 2.45) is 5.92 Å². The molecule has 0 unspecified atom stereocenters. The van der Waals surface area contributed by atoms with Crippen LogP contribution in [0.25, 0.3) is 16.9 Å². The first kappa shape index (κ1) is 21.1. The Morgan fingerprint density at radius 1 is 1.26 bits per heavy atom. The zero-order chi connectivity index (χ0) is 21.8. The highest BCUT2D eigenvalue weighted by molar-refractivity contribution is 7.80. The van der Waals surface area contributed by atoms with Gasteiger partial charge in [-0.05, 0) is 30.2 Å². The fraction of sp³-hybridized carbons (Fsp3) is 0.292. The summed E-state index contributed by atoms with van der Waals surface area (Å²) in [6.07, 6.45) is 2.53. The average Bonchev–Trinajstić information content (AvgIpc) is 3.41. The maximum Gasteiger partial charge on any atom is 0.220 e. The topological polar surface area (TPSA) is 68.2 Å². The van der Waals surface area contributed by atoms with Gasteiger partial charge in [-0.15, -0.1) is 5.10 Å². The largest absolute Gasteiger partial charge is 0.497 e. The number of methoxy groups -OCH3 is 1. The normalized spacial score (nSPS) is 15.5. The van der Waals surface area contributed by atoms with Gasteiger partial charge >= 0.3 is 0 Å². The van der Waals surface area contributed by atoms with Crippen LogP contribution < -0.4 is 15.4 Å². The summed E-state index contributed by atoms with van der Waals surface area (Å²) in [7, 11) is 1.65. The van der Waals surface area contributed by atoms with E-state index in [1.54, 1.807) is 7.11 Å². The minimum atomic E-state index is -0.0131. The average molecular weight is 435 g/mol. The van der Waals surface area contributed by atoms with Crippen molar-refractivity contribution >= 4 is 28.9 Å². The lowest BCUT2D eigenvalue weighted by atomic mass is 10.0. The Kier molecular flexibility index (Phi) is 6.32. The molecule has 1 fully saturated rings. The van der Waals surface area contributed by atoms with Gasteiger partial charge < -0.3 is 15.4 Å². The number of aromatic nitrogens is 2. The predicted molar refractivity (Wildman–Crippen MR) is 127 cm³/mol. The van der Waals surface area contributed by atoms with E-state index in [9.17, 15) is 4.79 Å². The number of carbonyl (C=O) groups is 1. The predicted octanol–water partition coefficient (Wildman–Crippen LogP) is 4.38. The van der Waals surface area contributed by atoms with Crippen LogP contribution in [-0.2, 0) is 11.2 Å². The lowest BCUT2D eigenvalue weighted by molar-refractivity contribution is -0.119. The fourth-order valence-corrected chi connectivity index (χ4v) is 4.05. The molecule has 0 saturated carbocycles. The Hall–Kier alpha value is -3.19. The molecule has 1 aliphatic heterocycles. The Morgan fingerprint density at radius 2 is 2.10 bits per heavy atom. The van der Waals surface area contributed by atoms with Gasteiger partial charge in [-0.3, -0.25) is 4.79 Å². The number of hydrogen-bond donors (Lipinski definition) is 2. The number of anilines is 1. The van der Waals surface area contributed by atoms with Gasteiger partial charge in [-0.25, -0.2) is 4.68 Å². The van der Waals surface area contributed by atoms with Crippen LogP contribution in [0, 0.1) is 5.92 Å². The van der Waals surface area contributed by atoms with Crippen molar-refractivity contribution in [3.63, 3.8) is 0 Å². The van der Waals surface area contributed by atoms with E-state index in [2.05, 4.69) is 41.8 Å². The van der Waals surface area contributed by atoms with Crippen LogP contribution >= 0.6 is 12.2 Å². The number of thiocarbonyl (C=S) groups is 1. The standard InChI is InChI=1S/C24H26N4O2S/c1-3-6-16-7-4-8-17(11-16)21-14-22(26-24(31)18-12-23(29)25-15-18)27-28(21)19-9-5-10-20(13-19)30-2/h4-5,7-11,13-14,18H,3,6,12,15H2,1-2H3,(H,25,29)(H,26,27,31)/t18-/m1/s1. The lowest BCUT2D eigenvalue weighted by Gasteiger charge is -2.10. The molecule has 1 saturated heterocycles. The quantitative estimate of drug-likeness (QED) is 0.540. The molecule has 2 N–H and O–H groups in total. The number of aryl methyl sites for hydroxylation is 1. The monoisotopic (exact) mass is 434 g/mol. The Bertz CT molecular complexity index is 1110. The molecule has 7 heteroatoms. The molecule has 31 heavy (non-hydrogen) atoms. The number of nitrogens with one attached hydrogen (secondary N) is 2. The molecule has 0 aliphatic carbocycles.